The first-order valence-corrected chi connectivity index (χ1v) is 11.2. The monoisotopic (exact) mass is 450 g/mol. The molecular formula is C26H30N2O5. The summed E-state index contributed by atoms with van der Waals surface area (Å²) in [5, 5.41) is 11.3. The summed E-state index contributed by atoms with van der Waals surface area (Å²) < 4.78 is 10.9. The van der Waals surface area contributed by atoms with Crippen LogP contribution in [0.1, 0.15) is 36.1 Å². The third kappa shape index (κ3) is 4.33. The van der Waals surface area contributed by atoms with Gasteiger partial charge in [0.05, 0.1) is 11.6 Å². The van der Waals surface area contributed by atoms with E-state index in [0.29, 0.717) is 25.1 Å². The van der Waals surface area contributed by atoms with Gasteiger partial charge in [0.25, 0.3) is 11.7 Å². The van der Waals surface area contributed by atoms with E-state index in [1.807, 2.05) is 62.3 Å². The number of aliphatic hydroxyl groups is 1. The van der Waals surface area contributed by atoms with Crippen molar-refractivity contribution in [3.63, 3.8) is 0 Å². The fraction of sp³-hybridized carbons (Fsp3) is 0.385. The number of aliphatic hydroxyl groups excluding tert-OH is 1. The Bertz CT molecular complexity index is 1090. The molecule has 2 heterocycles. The van der Waals surface area contributed by atoms with Crippen LogP contribution in [0.2, 0.25) is 0 Å². The molecule has 0 spiro atoms. The van der Waals surface area contributed by atoms with Crippen molar-refractivity contribution in [2.75, 3.05) is 39.3 Å². The Balaban J connectivity index is 1.79. The van der Waals surface area contributed by atoms with E-state index in [9.17, 15) is 14.7 Å². The summed E-state index contributed by atoms with van der Waals surface area (Å²) in [6, 6.07) is 12.4. The predicted molar refractivity (Wildman–Crippen MR) is 127 cm³/mol. The summed E-state index contributed by atoms with van der Waals surface area (Å²) in [6.45, 7) is 2.81. The van der Waals surface area contributed by atoms with Gasteiger partial charge in [0.2, 0.25) is 0 Å². The number of methoxy groups -OCH3 is 1. The Morgan fingerprint density at radius 1 is 1.18 bits per heavy atom. The second kappa shape index (κ2) is 9.27. The van der Waals surface area contributed by atoms with Gasteiger partial charge in [-0.1, -0.05) is 12.1 Å². The zero-order chi connectivity index (χ0) is 23.7. The van der Waals surface area contributed by atoms with Crippen LogP contribution in [0.4, 0.5) is 5.69 Å². The normalized spacial score (nSPS) is 21.3. The largest absolute Gasteiger partial charge is 0.507 e. The number of hydrogen-bond acceptors (Lipinski definition) is 6. The molecule has 2 aromatic carbocycles. The van der Waals surface area contributed by atoms with Crippen molar-refractivity contribution in [3.05, 3.63) is 64.7 Å². The summed E-state index contributed by atoms with van der Waals surface area (Å²) in [4.78, 5) is 29.6. The summed E-state index contributed by atoms with van der Waals surface area (Å²) in [5.74, 6) is -0.648. The summed E-state index contributed by atoms with van der Waals surface area (Å²) in [7, 11) is 5.50. The number of rotatable bonds is 7. The van der Waals surface area contributed by atoms with E-state index >= 15 is 0 Å². The van der Waals surface area contributed by atoms with Gasteiger partial charge in [0.1, 0.15) is 17.6 Å². The predicted octanol–water partition coefficient (Wildman–Crippen LogP) is 3.53. The quantitative estimate of drug-likeness (QED) is 0.301. The first-order valence-electron chi connectivity index (χ1n) is 11.2. The van der Waals surface area contributed by atoms with Gasteiger partial charge in [0.15, 0.2) is 0 Å². The van der Waals surface area contributed by atoms with Crippen molar-refractivity contribution in [1.82, 2.24) is 4.90 Å². The highest BCUT2D eigenvalue weighted by Gasteiger charge is 2.45. The van der Waals surface area contributed by atoms with Gasteiger partial charge in [-0.25, -0.2) is 0 Å². The van der Waals surface area contributed by atoms with Gasteiger partial charge >= 0.3 is 0 Å². The molecule has 2 aromatic rings. The third-order valence-corrected chi connectivity index (χ3v) is 6.18. The average Bonchev–Trinajstić information content (AvgIpc) is 3.29. The second-order valence-electron chi connectivity index (χ2n) is 8.78. The molecule has 7 nitrogen and oxygen atoms in total. The molecule has 0 bridgehead atoms. The van der Waals surface area contributed by atoms with Gasteiger partial charge in [0, 0.05) is 52.0 Å². The molecule has 1 fully saturated rings. The van der Waals surface area contributed by atoms with E-state index in [4.69, 9.17) is 9.47 Å². The van der Waals surface area contributed by atoms with E-state index in [0.717, 1.165) is 29.0 Å². The fourth-order valence-electron chi connectivity index (χ4n) is 4.52. The van der Waals surface area contributed by atoms with Crippen LogP contribution in [0.5, 0.6) is 5.75 Å². The number of amides is 1. The van der Waals surface area contributed by atoms with Gasteiger partial charge < -0.3 is 24.4 Å². The standard InChI is InChI=1S/C26H30N2O5/c1-16-14-19-15-18(8-11-21(19)33-16)24(29)22-23(17-6-9-20(10-7-17)27(2)3)28(12-5-13-32-4)26(31)25(22)30/h6-11,15-16,23,29H,5,12-14H2,1-4H3/t16-,23-/m1/s1. The van der Waals surface area contributed by atoms with Crippen LogP contribution >= 0.6 is 0 Å². The average molecular weight is 451 g/mol. The van der Waals surface area contributed by atoms with Crippen LogP contribution in [0, 0.1) is 0 Å². The number of benzene rings is 2. The zero-order valence-electron chi connectivity index (χ0n) is 19.5. The maximum atomic E-state index is 13.1. The molecule has 7 heteroatoms. The lowest BCUT2D eigenvalue weighted by atomic mass is 9.94. The molecule has 1 saturated heterocycles. The van der Waals surface area contributed by atoms with Gasteiger partial charge in [-0.3, -0.25) is 9.59 Å². The number of fused-ring (bicyclic) bond motifs is 1. The third-order valence-electron chi connectivity index (χ3n) is 6.18. The van der Waals surface area contributed by atoms with E-state index < -0.39 is 17.7 Å². The first kappa shape index (κ1) is 22.9. The van der Waals surface area contributed by atoms with Crippen molar-refractivity contribution in [2.45, 2.75) is 31.9 Å². The minimum atomic E-state index is -0.670. The molecule has 33 heavy (non-hydrogen) atoms. The van der Waals surface area contributed by atoms with Crippen LogP contribution < -0.4 is 9.64 Å². The van der Waals surface area contributed by atoms with E-state index in [-0.39, 0.29) is 17.4 Å². The van der Waals surface area contributed by atoms with E-state index in [1.165, 1.54) is 4.90 Å². The summed E-state index contributed by atoms with van der Waals surface area (Å²) >= 11 is 0. The minimum Gasteiger partial charge on any atom is -0.507 e. The molecule has 1 amide bonds. The van der Waals surface area contributed by atoms with E-state index in [2.05, 4.69) is 0 Å². The van der Waals surface area contributed by atoms with Crippen molar-refractivity contribution < 1.29 is 24.2 Å². The second-order valence-corrected chi connectivity index (χ2v) is 8.78. The summed E-state index contributed by atoms with van der Waals surface area (Å²) in [6.07, 6.45) is 1.39. The zero-order valence-corrected chi connectivity index (χ0v) is 19.5. The molecule has 4 rings (SSSR count). The molecule has 2 atom stereocenters. The van der Waals surface area contributed by atoms with Crippen LogP contribution in [-0.4, -0.2) is 62.2 Å². The Labute approximate surface area is 194 Å². The SMILES string of the molecule is COCCCN1C(=O)C(=O)C(=C(O)c2ccc3c(c2)C[C@@H](C)O3)[C@H]1c1ccc(N(C)C)cc1. The van der Waals surface area contributed by atoms with Crippen LogP contribution in [0.25, 0.3) is 5.76 Å². The Kier molecular flexibility index (Phi) is 6.42. The van der Waals surface area contributed by atoms with Crippen LogP contribution in [-0.2, 0) is 20.7 Å². The topological polar surface area (TPSA) is 79.3 Å². The van der Waals surface area contributed by atoms with Crippen LogP contribution in [0.15, 0.2) is 48.0 Å². The Hall–Kier alpha value is -3.32. The van der Waals surface area contributed by atoms with Crippen molar-refractivity contribution in [2.24, 2.45) is 0 Å². The summed E-state index contributed by atoms with van der Waals surface area (Å²) in [5.41, 5.74) is 3.38. The molecule has 0 saturated carbocycles. The lowest BCUT2D eigenvalue weighted by Crippen LogP contribution is -2.31. The molecule has 2 aliphatic heterocycles. The Morgan fingerprint density at radius 2 is 1.91 bits per heavy atom. The van der Waals surface area contributed by atoms with Gasteiger partial charge in [-0.2, -0.15) is 0 Å². The molecule has 174 valence electrons. The number of carbonyl (C=O) groups excluding carboxylic acids is 2. The molecule has 2 aliphatic rings. The van der Waals surface area contributed by atoms with Gasteiger partial charge in [-0.05, 0) is 54.8 Å². The highest BCUT2D eigenvalue weighted by molar-refractivity contribution is 6.46. The molecule has 0 aliphatic carbocycles. The number of Topliss-reactive ketones (excluding diaryl/α,β-unsaturated/α-hetero) is 1. The molecular weight excluding hydrogens is 420 g/mol. The molecule has 0 aromatic heterocycles. The molecule has 0 unspecified atom stereocenters. The highest BCUT2D eigenvalue weighted by Crippen LogP contribution is 2.41. The lowest BCUT2D eigenvalue weighted by Gasteiger charge is -2.26. The fourth-order valence-corrected chi connectivity index (χ4v) is 4.52. The number of carbonyl (C=O) groups is 2. The van der Waals surface area contributed by atoms with Crippen molar-refractivity contribution in [1.29, 1.82) is 0 Å². The Morgan fingerprint density at radius 3 is 2.58 bits per heavy atom. The maximum absolute atomic E-state index is 13.1. The maximum Gasteiger partial charge on any atom is 0.295 e. The van der Waals surface area contributed by atoms with E-state index in [1.54, 1.807) is 13.2 Å². The first-order chi connectivity index (χ1) is 15.8. The number of nitrogens with zero attached hydrogens (tertiary/aromatic N) is 2. The lowest BCUT2D eigenvalue weighted by molar-refractivity contribution is -0.140. The number of likely N-dealkylation sites (tertiary alicyclic amines) is 1. The minimum absolute atomic E-state index is 0.0685. The number of ketones is 1. The number of hydrogen-bond donors (Lipinski definition) is 1. The molecule has 1 N–H and O–H groups in total. The molecule has 0 radical (unpaired) electrons. The number of anilines is 1. The van der Waals surface area contributed by atoms with Crippen LogP contribution in [0.3, 0.4) is 0 Å². The smallest absolute Gasteiger partial charge is 0.295 e. The van der Waals surface area contributed by atoms with Crippen molar-refractivity contribution in [3.8, 4) is 5.75 Å². The van der Waals surface area contributed by atoms with Crippen molar-refractivity contribution >= 4 is 23.1 Å². The van der Waals surface area contributed by atoms with Gasteiger partial charge in [-0.15, -0.1) is 0 Å². The number of ether oxygens (including phenoxy) is 2. The highest BCUT2D eigenvalue weighted by atomic mass is 16.5.